The molecule has 3 rings (SSSR count). The van der Waals surface area contributed by atoms with Crippen LogP contribution in [0.5, 0.6) is 5.75 Å². The minimum Gasteiger partial charge on any atom is -0.410 e. The van der Waals surface area contributed by atoms with Crippen LogP contribution >= 0.6 is 0 Å². The first-order valence-corrected chi connectivity index (χ1v) is 7.43. The van der Waals surface area contributed by atoms with Crippen LogP contribution in [0, 0.1) is 11.3 Å². The van der Waals surface area contributed by atoms with E-state index in [-0.39, 0.29) is 12.2 Å². The molecular weight excluding hydrogens is 304 g/mol. The van der Waals surface area contributed by atoms with E-state index in [1.807, 2.05) is 12.1 Å². The van der Waals surface area contributed by atoms with Gasteiger partial charge in [0.25, 0.3) is 0 Å². The van der Waals surface area contributed by atoms with Gasteiger partial charge in [-0.05, 0) is 35.9 Å². The Morgan fingerprint density at radius 1 is 1.12 bits per heavy atom. The lowest BCUT2D eigenvalue weighted by molar-refractivity contribution is -0.116. The number of nitrogens with zero attached hydrogens (tertiary/aromatic N) is 2. The number of amides is 1. The van der Waals surface area contributed by atoms with Crippen LogP contribution in [0.1, 0.15) is 23.6 Å². The molecule has 0 radical (unpaired) electrons. The normalized spacial score (nSPS) is 16.5. The van der Waals surface area contributed by atoms with E-state index in [1.165, 1.54) is 17.2 Å². The Labute approximate surface area is 139 Å². The number of para-hydroxylation sites is 1. The summed E-state index contributed by atoms with van der Waals surface area (Å²) in [6.07, 6.45) is 2.43. The first kappa shape index (κ1) is 15.5. The lowest BCUT2D eigenvalue weighted by Gasteiger charge is -2.30. The van der Waals surface area contributed by atoms with Crippen molar-refractivity contribution in [3.63, 3.8) is 0 Å². The van der Waals surface area contributed by atoms with Crippen LogP contribution in [0.2, 0.25) is 0 Å². The maximum absolute atomic E-state index is 12.5. The standard InChI is InChI=1S/C19H14N2O3/c20-13-14-6-8-15(9-7-14)18-12-16(22)10-11-21(18)19(23)24-17-4-2-1-3-5-17/h1-11,18H,12H2/t18-/m0/s1. The van der Waals surface area contributed by atoms with Crippen LogP contribution in [0.3, 0.4) is 0 Å². The van der Waals surface area contributed by atoms with Gasteiger partial charge in [0, 0.05) is 12.6 Å². The van der Waals surface area contributed by atoms with Gasteiger partial charge in [-0.3, -0.25) is 9.69 Å². The van der Waals surface area contributed by atoms with E-state index in [0.29, 0.717) is 11.3 Å². The molecule has 1 amide bonds. The molecule has 0 fully saturated rings. The van der Waals surface area contributed by atoms with E-state index >= 15 is 0 Å². The van der Waals surface area contributed by atoms with E-state index in [1.54, 1.807) is 48.5 Å². The topological polar surface area (TPSA) is 70.4 Å². The fraction of sp³-hybridized carbons (Fsp3) is 0.105. The second-order valence-corrected chi connectivity index (χ2v) is 5.32. The Kier molecular flexibility index (Phi) is 4.39. The summed E-state index contributed by atoms with van der Waals surface area (Å²) < 4.78 is 5.36. The molecule has 1 aliphatic rings. The monoisotopic (exact) mass is 318 g/mol. The van der Waals surface area contributed by atoms with Crippen molar-refractivity contribution in [2.75, 3.05) is 0 Å². The molecule has 2 aromatic carbocycles. The molecule has 0 unspecified atom stereocenters. The Hall–Kier alpha value is -3.39. The second kappa shape index (κ2) is 6.80. The minimum atomic E-state index is -0.556. The molecule has 0 spiro atoms. The Balaban J connectivity index is 1.85. The minimum absolute atomic E-state index is 0.0619. The van der Waals surface area contributed by atoms with Crippen LogP contribution in [0.4, 0.5) is 4.79 Å². The van der Waals surface area contributed by atoms with E-state index in [9.17, 15) is 9.59 Å². The highest BCUT2D eigenvalue weighted by Crippen LogP contribution is 2.29. The third kappa shape index (κ3) is 3.33. The predicted molar refractivity (Wildman–Crippen MR) is 87.0 cm³/mol. The van der Waals surface area contributed by atoms with Gasteiger partial charge in [0.15, 0.2) is 5.78 Å². The van der Waals surface area contributed by atoms with E-state index in [4.69, 9.17) is 10.00 Å². The summed E-state index contributed by atoms with van der Waals surface area (Å²) in [7, 11) is 0. The van der Waals surface area contributed by atoms with Gasteiger partial charge in [0.05, 0.1) is 17.7 Å². The molecular formula is C19H14N2O3. The third-order valence-electron chi connectivity index (χ3n) is 3.74. The molecule has 0 saturated heterocycles. The summed E-state index contributed by atoms with van der Waals surface area (Å²) in [6.45, 7) is 0. The Morgan fingerprint density at radius 3 is 2.50 bits per heavy atom. The molecule has 5 heteroatoms. The highest BCUT2D eigenvalue weighted by atomic mass is 16.6. The molecule has 118 valence electrons. The number of ketones is 1. The largest absolute Gasteiger partial charge is 0.419 e. The lowest BCUT2D eigenvalue weighted by Crippen LogP contribution is -2.36. The van der Waals surface area contributed by atoms with Crippen LogP contribution in [0.25, 0.3) is 0 Å². The van der Waals surface area contributed by atoms with Gasteiger partial charge in [-0.25, -0.2) is 4.79 Å². The SMILES string of the molecule is N#Cc1ccc([C@@H]2CC(=O)C=CN2C(=O)Oc2ccccc2)cc1. The van der Waals surface area contributed by atoms with Crippen molar-refractivity contribution in [3.05, 3.63) is 78.0 Å². The second-order valence-electron chi connectivity index (χ2n) is 5.32. The zero-order valence-corrected chi connectivity index (χ0v) is 12.8. The van der Waals surface area contributed by atoms with Crippen molar-refractivity contribution in [1.29, 1.82) is 5.26 Å². The maximum Gasteiger partial charge on any atom is 0.419 e. The molecule has 24 heavy (non-hydrogen) atoms. The number of rotatable bonds is 2. The summed E-state index contributed by atoms with van der Waals surface area (Å²) in [4.78, 5) is 25.6. The van der Waals surface area contributed by atoms with Crippen molar-refractivity contribution in [3.8, 4) is 11.8 Å². The maximum atomic E-state index is 12.5. The number of hydrogen-bond acceptors (Lipinski definition) is 4. The first-order valence-electron chi connectivity index (χ1n) is 7.43. The summed E-state index contributed by atoms with van der Waals surface area (Å²) >= 11 is 0. The number of hydrogen-bond donors (Lipinski definition) is 0. The third-order valence-corrected chi connectivity index (χ3v) is 3.74. The molecule has 0 aliphatic carbocycles. The van der Waals surface area contributed by atoms with E-state index in [0.717, 1.165) is 5.56 Å². The van der Waals surface area contributed by atoms with Gasteiger partial charge in [-0.15, -0.1) is 0 Å². The number of allylic oxidation sites excluding steroid dienone is 1. The molecule has 5 nitrogen and oxygen atoms in total. The van der Waals surface area contributed by atoms with Gasteiger partial charge >= 0.3 is 6.09 Å². The molecule has 1 heterocycles. The van der Waals surface area contributed by atoms with Gasteiger partial charge in [-0.1, -0.05) is 30.3 Å². The Bertz CT molecular complexity index is 820. The van der Waals surface area contributed by atoms with Crippen molar-refractivity contribution in [1.82, 2.24) is 4.90 Å². The van der Waals surface area contributed by atoms with Gasteiger partial charge in [0.2, 0.25) is 0 Å². The number of nitriles is 1. The summed E-state index contributed by atoms with van der Waals surface area (Å²) in [6, 6.07) is 17.2. The quantitative estimate of drug-likeness (QED) is 0.848. The molecule has 1 aliphatic heterocycles. The number of ether oxygens (including phenoxy) is 1. The molecule has 2 aromatic rings. The molecule has 0 saturated carbocycles. The first-order chi connectivity index (χ1) is 11.7. The fourth-order valence-electron chi connectivity index (χ4n) is 2.51. The zero-order valence-electron chi connectivity index (χ0n) is 12.8. The highest BCUT2D eigenvalue weighted by molar-refractivity contribution is 5.92. The number of benzene rings is 2. The predicted octanol–water partition coefficient (Wildman–Crippen LogP) is 3.59. The van der Waals surface area contributed by atoms with Crippen molar-refractivity contribution >= 4 is 11.9 Å². The molecule has 0 aromatic heterocycles. The van der Waals surface area contributed by atoms with Gasteiger partial charge in [-0.2, -0.15) is 5.26 Å². The fourth-order valence-corrected chi connectivity index (χ4v) is 2.51. The number of carbonyl (C=O) groups is 2. The average molecular weight is 318 g/mol. The van der Waals surface area contributed by atoms with Crippen LogP contribution in [-0.4, -0.2) is 16.8 Å². The summed E-state index contributed by atoms with van der Waals surface area (Å²) in [5, 5.41) is 8.89. The van der Waals surface area contributed by atoms with E-state index < -0.39 is 12.1 Å². The summed E-state index contributed by atoms with van der Waals surface area (Å²) in [5.41, 5.74) is 1.30. The van der Waals surface area contributed by atoms with Crippen LogP contribution < -0.4 is 4.74 Å². The molecule has 1 atom stereocenters. The molecule has 0 bridgehead atoms. The summed E-state index contributed by atoms with van der Waals surface area (Å²) in [5.74, 6) is 0.375. The number of carbonyl (C=O) groups excluding carboxylic acids is 2. The highest BCUT2D eigenvalue weighted by Gasteiger charge is 2.30. The smallest absolute Gasteiger partial charge is 0.410 e. The van der Waals surface area contributed by atoms with Gasteiger partial charge < -0.3 is 4.74 Å². The van der Waals surface area contributed by atoms with Crippen molar-refractivity contribution < 1.29 is 14.3 Å². The zero-order chi connectivity index (χ0) is 16.9. The van der Waals surface area contributed by atoms with Crippen LogP contribution in [-0.2, 0) is 4.79 Å². The Morgan fingerprint density at radius 2 is 1.83 bits per heavy atom. The lowest BCUT2D eigenvalue weighted by atomic mass is 9.97. The molecule has 0 N–H and O–H groups in total. The van der Waals surface area contributed by atoms with Crippen molar-refractivity contribution in [2.45, 2.75) is 12.5 Å². The van der Waals surface area contributed by atoms with E-state index in [2.05, 4.69) is 0 Å². The van der Waals surface area contributed by atoms with Crippen molar-refractivity contribution in [2.24, 2.45) is 0 Å². The van der Waals surface area contributed by atoms with Crippen LogP contribution in [0.15, 0.2) is 66.9 Å². The average Bonchev–Trinajstić information content (AvgIpc) is 2.62. The van der Waals surface area contributed by atoms with Gasteiger partial charge in [0.1, 0.15) is 5.75 Å².